The van der Waals surface area contributed by atoms with E-state index in [0.717, 1.165) is 28.4 Å². The molecule has 12 aromatic rings. The summed E-state index contributed by atoms with van der Waals surface area (Å²) < 4.78 is 37.5. The van der Waals surface area contributed by atoms with Crippen molar-refractivity contribution in [3.05, 3.63) is 183 Å². The lowest BCUT2D eigenvalue weighted by molar-refractivity contribution is 0.0597. The molecule has 0 amide bonds. The van der Waals surface area contributed by atoms with E-state index in [1.54, 1.807) is 101 Å². The van der Waals surface area contributed by atoms with E-state index in [9.17, 15) is 37.5 Å². The van der Waals surface area contributed by atoms with Gasteiger partial charge in [0.15, 0.2) is 22.7 Å². The van der Waals surface area contributed by atoms with E-state index in [0.29, 0.717) is 84.6 Å². The molecule has 0 saturated carbocycles. The van der Waals surface area contributed by atoms with Crippen LogP contribution in [0.4, 0.5) is 8.78 Å². The molecule has 0 saturated heterocycles. The Morgan fingerprint density at radius 1 is 0.545 bits per heavy atom. The minimum Gasteiger partial charge on any atom is -0.477 e. The van der Waals surface area contributed by atoms with Gasteiger partial charge in [-0.25, -0.2) is 52.4 Å². The number of ketones is 2. The number of thiazole rings is 1. The van der Waals surface area contributed by atoms with Gasteiger partial charge in [-0.1, -0.05) is 0 Å². The number of methoxy groups -OCH3 is 1. The van der Waals surface area contributed by atoms with Crippen molar-refractivity contribution in [2.24, 2.45) is 35.2 Å². The number of carboxylic acids is 3. The smallest absolute Gasteiger partial charge is 0.354 e. The molecule has 518 valence electrons. The number of ether oxygens (including phenoxy) is 1. The number of rotatable bonds is 14. The van der Waals surface area contributed by atoms with Crippen LogP contribution in [0.1, 0.15) is 115 Å². The number of hydrogen-bond donors (Lipinski definition) is 5. The van der Waals surface area contributed by atoms with Gasteiger partial charge in [-0.15, -0.1) is 11.3 Å². The molecular formula is C64H60F2N22O12S. The first-order valence-electron chi connectivity index (χ1n) is 29.1. The summed E-state index contributed by atoms with van der Waals surface area (Å²) in [6.45, 7) is 7.89. The SMILES string of the molecule is COC(=O)c1ccn2nc(C)nc2c1.Cc1cnc(C)c(-c2cnn(C)c2C(=O)CO)n1.Cc1cnc(C)c(-c2cnn(C)c2C(=O)O)n1.Cn1ncc(-c2nc(C(F)F)cs2)c1C(=O)O.Cn1ncc(-c2ncccc2C#N)c1C(=O)CO.Cn1ncc(-c2ncccc2C#N)c1C(=O)O. The largest absolute Gasteiger partial charge is 0.477 e. The van der Waals surface area contributed by atoms with Crippen LogP contribution in [0.5, 0.6) is 0 Å². The number of alkyl halides is 2. The Bertz CT molecular complexity index is 5150. The number of hydrogen-bond acceptors (Lipinski definition) is 26. The molecule has 5 N–H and O–H groups in total. The maximum Gasteiger partial charge on any atom is 0.354 e. The summed E-state index contributed by atoms with van der Waals surface area (Å²) >= 11 is 0.968. The number of fused-ring (bicyclic) bond motifs is 1. The van der Waals surface area contributed by atoms with Crippen molar-refractivity contribution < 1.29 is 67.8 Å². The van der Waals surface area contributed by atoms with Crippen molar-refractivity contribution in [3.63, 3.8) is 0 Å². The average Bonchev–Trinajstić information content (AvgIpc) is 1.76. The molecule has 0 unspecified atom stereocenters. The third-order valence-corrected chi connectivity index (χ3v) is 14.9. The topological polar surface area (TPSA) is 470 Å². The number of carbonyl (C=O) groups is 6. The Labute approximate surface area is 574 Å². The molecule has 0 fully saturated rings. The van der Waals surface area contributed by atoms with E-state index in [1.807, 2.05) is 32.9 Å². The Hall–Kier alpha value is -13.3. The van der Waals surface area contributed by atoms with Gasteiger partial charge in [0.1, 0.15) is 53.3 Å². The van der Waals surface area contributed by atoms with Crippen molar-refractivity contribution in [2.75, 3.05) is 20.3 Å². The number of carboxylic acid groups (broad SMARTS) is 3. The Kier molecular flexibility index (Phi) is 25.0. The summed E-state index contributed by atoms with van der Waals surface area (Å²) in [4.78, 5) is 101. The first kappa shape index (κ1) is 75.1. The molecule has 12 heterocycles. The van der Waals surface area contributed by atoms with Crippen LogP contribution < -0.4 is 0 Å². The zero-order chi connectivity index (χ0) is 74.1. The van der Waals surface area contributed by atoms with Crippen LogP contribution in [0.15, 0.2) is 104 Å². The number of aromatic nitrogens is 20. The number of aromatic carboxylic acids is 3. The van der Waals surface area contributed by atoms with Gasteiger partial charge in [0.2, 0.25) is 11.6 Å². The minimum atomic E-state index is -2.66. The Morgan fingerprint density at radius 3 is 1.34 bits per heavy atom. The molecule has 34 nitrogen and oxygen atoms in total. The average molecular weight is 1400 g/mol. The molecule has 0 aliphatic rings. The van der Waals surface area contributed by atoms with Crippen LogP contribution in [0.3, 0.4) is 0 Å². The third-order valence-electron chi connectivity index (χ3n) is 14.0. The van der Waals surface area contributed by atoms with Crippen molar-refractivity contribution in [3.8, 4) is 67.7 Å². The Balaban J connectivity index is 0.000000170. The van der Waals surface area contributed by atoms with Crippen molar-refractivity contribution >= 4 is 52.4 Å². The molecule has 12 aromatic heterocycles. The third kappa shape index (κ3) is 17.7. The lowest BCUT2D eigenvalue weighted by atomic mass is 10.1. The monoisotopic (exact) mass is 1400 g/mol. The summed E-state index contributed by atoms with van der Waals surface area (Å²) in [5.74, 6) is -3.83. The Morgan fingerprint density at radius 2 is 0.941 bits per heavy atom. The molecular weight excluding hydrogens is 1340 g/mol. The molecule has 37 heteroatoms. The first-order valence-corrected chi connectivity index (χ1v) is 30.0. The zero-order valence-corrected chi connectivity index (χ0v) is 56.2. The molecule has 0 aliphatic heterocycles. The molecule has 0 spiro atoms. The molecule has 101 heavy (non-hydrogen) atoms. The lowest BCUT2D eigenvalue weighted by Crippen LogP contribution is -2.12. The van der Waals surface area contributed by atoms with Gasteiger partial charge in [-0.2, -0.15) is 41.1 Å². The highest BCUT2D eigenvalue weighted by Crippen LogP contribution is 2.32. The van der Waals surface area contributed by atoms with E-state index < -0.39 is 43.3 Å². The van der Waals surface area contributed by atoms with Gasteiger partial charge < -0.3 is 30.3 Å². The van der Waals surface area contributed by atoms with Gasteiger partial charge in [-0.05, 0) is 71.0 Å². The van der Waals surface area contributed by atoms with Crippen LogP contribution in [0.25, 0.3) is 61.2 Å². The summed E-state index contributed by atoms with van der Waals surface area (Å²) in [7, 11) is 9.19. The summed E-state index contributed by atoms with van der Waals surface area (Å²) in [6, 6.07) is 13.7. The van der Waals surface area contributed by atoms with Crippen LogP contribution in [0, 0.1) is 57.3 Å². The minimum absolute atomic E-state index is 0.0141. The second-order valence-corrected chi connectivity index (χ2v) is 21.7. The quantitative estimate of drug-likeness (QED) is 0.0577. The second kappa shape index (κ2) is 33.6. The fourth-order valence-corrected chi connectivity index (χ4v) is 10.2. The fraction of sp³-hybridized carbons (Fsp3) is 0.219. The number of aliphatic hydroxyl groups is 2. The predicted molar refractivity (Wildman–Crippen MR) is 352 cm³/mol. The van der Waals surface area contributed by atoms with Crippen LogP contribution in [-0.2, 0) is 40.0 Å². The number of esters is 1. The number of Topliss-reactive ketones (excluding diaryl/α,β-unsaturated/α-hetero) is 2. The van der Waals surface area contributed by atoms with Crippen LogP contribution >= 0.6 is 11.3 Å². The van der Waals surface area contributed by atoms with Crippen molar-refractivity contribution in [1.29, 1.82) is 10.5 Å². The number of nitrogens with zero attached hydrogens (tertiary/aromatic N) is 22. The van der Waals surface area contributed by atoms with E-state index in [-0.39, 0.29) is 50.8 Å². The van der Waals surface area contributed by atoms with Gasteiger partial charge >= 0.3 is 23.9 Å². The molecule has 0 atom stereocenters. The molecule has 0 radical (unpaired) electrons. The predicted octanol–water partition coefficient (Wildman–Crippen LogP) is 6.45. The highest BCUT2D eigenvalue weighted by molar-refractivity contribution is 7.13. The van der Waals surface area contributed by atoms with Crippen molar-refractivity contribution in [2.45, 2.75) is 41.0 Å². The number of aryl methyl sites for hydroxylation is 10. The van der Waals surface area contributed by atoms with E-state index in [1.165, 1.54) is 87.2 Å². The van der Waals surface area contributed by atoms with E-state index in [2.05, 4.69) is 75.2 Å². The standard InChI is InChI=1S/C12H14N4O2.C12H10N4O2.C11H12N4O2.C11H8N4O2.C9H7F2N3O2S.C9H9N3O2/c1-7-4-13-8(2)11(15-7)9-5-14-16(3)12(9)10(18)6-17;1-16-12(10(18)7-17)9(6-15-16)11-8(5-13)3-2-4-14-11;1-6-4-12-7(2)9(14-6)8-5-13-15(3)10(8)11(16)17;1-15-10(11(16)17)8(6-14-15)9-7(5-12)3-2-4-13-9;1-14-6(9(15)16)4(2-12-14)8-13-5(3-17-8)7(10)11;1-6-10-8-5-7(9(13)14-2)3-4-12(8)11-6/h4-5,17H,6H2,1-3H3;2-4,6,17H,7H2,1H3;4-5H,1-3H3,(H,16,17);2-4,6H,1H3,(H,16,17);2-3,7H,1H3,(H,15,16);3-5H,1-2H3. The molecule has 0 aliphatic carbocycles. The molecule has 12 rings (SSSR count). The van der Waals surface area contributed by atoms with Crippen LogP contribution in [0.2, 0.25) is 0 Å². The zero-order valence-electron chi connectivity index (χ0n) is 55.4. The summed E-state index contributed by atoms with van der Waals surface area (Å²) in [6.07, 6.45) is 12.6. The number of aliphatic hydroxyl groups excluding tert-OH is 2. The van der Waals surface area contributed by atoms with E-state index in [4.69, 9.17) is 36.1 Å². The van der Waals surface area contributed by atoms with Gasteiger partial charge in [0, 0.05) is 71.6 Å². The maximum atomic E-state index is 12.4. The summed E-state index contributed by atoms with van der Waals surface area (Å²) in [5, 5.41) is 88.3. The first-order chi connectivity index (χ1) is 48.1. The normalized spacial score (nSPS) is 10.4. The number of halogens is 2. The highest BCUT2D eigenvalue weighted by atomic mass is 32.1. The second-order valence-electron chi connectivity index (χ2n) is 20.9. The van der Waals surface area contributed by atoms with Gasteiger partial charge in [0.05, 0.1) is 128 Å². The van der Waals surface area contributed by atoms with Crippen LogP contribution in [-0.4, -0.2) is 180 Å². The lowest BCUT2D eigenvalue weighted by Gasteiger charge is -2.06. The number of pyridine rings is 3. The molecule has 0 bridgehead atoms. The van der Waals surface area contributed by atoms with Crippen molar-refractivity contribution in [1.82, 2.24) is 98.4 Å². The molecule has 0 aromatic carbocycles. The fourth-order valence-electron chi connectivity index (χ4n) is 9.36. The number of nitriles is 2. The maximum absolute atomic E-state index is 12.4. The number of carbonyl (C=O) groups excluding carboxylic acids is 3. The van der Waals surface area contributed by atoms with Gasteiger partial charge in [0.25, 0.3) is 6.43 Å². The summed E-state index contributed by atoms with van der Waals surface area (Å²) in [5.41, 5.74) is 9.08. The van der Waals surface area contributed by atoms with E-state index >= 15 is 0 Å². The highest BCUT2D eigenvalue weighted by Gasteiger charge is 2.26. The van der Waals surface area contributed by atoms with Gasteiger partial charge in [-0.3, -0.25) is 52.9 Å².